The molecule has 3 aromatic carbocycles. The van der Waals surface area contributed by atoms with Gasteiger partial charge in [-0.3, -0.25) is 4.79 Å². The lowest BCUT2D eigenvalue weighted by Crippen LogP contribution is -2.30. The van der Waals surface area contributed by atoms with Crippen LogP contribution in [0.3, 0.4) is 0 Å². The standard InChI is InChI=1S/C29H31N3O3/c1-2-11-23-12-6-9-17-27(23)34-21-20-32-26-16-8-7-15-25(26)31-28(32)18-10-19-30-29(33)22-35-24-13-4-3-5-14-24/h2-9,12-17H,1,10-11,18-22H2,(H,30,33). The summed E-state index contributed by atoms with van der Waals surface area (Å²) in [5.74, 6) is 2.43. The molecule has 0 saturated heterocycles. The fraction of sp³-hybridized carbons (Fsp3) is 0.241. The van der Waals surface area contributed by atoms with E-state index in [2.05, 4.69) is 28.6 Å². The molecule has 6 heteroatoms. The van der Waals surface area contributed by atoms with Gasteiger partial charge < -0.3 is 19.4 Å². The molecule has 1 heterocycles. The zero-order valence-corrected chi connectivity index (χ0v) is 19.9. The largest absolute Gasteiger partial charge is 0.491 e. The van der Waals surface area contributed by atoms with E-state index in [1.54, 1.807) is 0 Å². The van der Waals surface area contributed by atoms with Crippen LogP contribution >= 0.6 is 0 Å². The lowest BCUT2D eigenvalue weighted by atomic mass is 10.1. The third-order valence-electron chi connectivity index (χ3n) is 5.66. The van der Waals surface area contributed by atoms with Gasteiger partial charge in [-0.1, -0.05) is 54.6 Å². The Hall–Kier alpha value is -4.06. The van der Waals surface area contributed by atoms with Gasteiger partial charge in [0, 0.05) is 13.0 Å². The molecule has 0 unspecified atom stereocenters. The second-order valence-electron chi connectivity index (χ2n) is 8.17. The van der Waals surface area contributed by atoms with Gasteiger partial charge >= 0.3 is 0 Å². The molecule has 180 valence electrons. The summed E-state index contributed by atoms with van der Waals surface area (Å²) in [4.78, 5) is 16.9. The molecule has 0 saturated carbocycles. The number of aryl methyl sites for hydroxylation is 1. The van der Waals surface area contributed by atoms with Gasteiger partial charge in [0.25, 0.3) is 5.91 Å². The summed E-state index contributed by atoms with van der Waals surface area (Å²) in [7, 11) is 0. The van der Waals surface area contributed by atoms with Crippen LogP contribution in [-0.4, -0.2) is 35.2 Å². The van der Waals surface area contributed by atoms with Gasteiger partial charge in [-0.05, 0) is 48.7 Å². The molecular weight excluding hydrogens is 438 g/mol. The minimum absolute atomic E-state index is 0.00714. The highest BCUT2D eigenvalue weighted by Gasteiger charge is 2.11. The molecule has 0 spiro atoms. The van der Waals surface area contributed by atoms with Crippen LogP contribution in [0.5, 0.6) is 11.5 Å². The molecule has 1 amide bonds. The molecule has 0 aliphatic heterocycles. The van der Waals surface area contributed by atoms with Gasteiger partial charge in [0.05, 0.1) is 17.6 Å². The number of carbonyl (C=O) groups is 1. The van der Waals surface area contributed by atoms with E-state index in [4.69, 9.17) is 14.5 Å². The molecule has 0 aliphatic rings. The normalized spacial score (nSPS) is 10.7. The van der Waals surface area contributed by atoms with Crippen LogP contribution in [0.2, 0.25) is 0 Å². The van der Waals surface area contributed by atoms with Gasteiger partial charge in [0.15, 0.2) is 6.61 Å². The minimum Gasteiger partial charge on any atom is -0.491 e. The van der Waals surface area contributed by atoms with Gasteiger partial charge in [0.2, 0.25) is 0 Å². The van der Waals surface area contributed by atoms with Crippen molar-refractivity contribution < 1.29 is 14.3 Å². The zero-order chi connectivity index (χ0) is 24.3. The number of fused-ring (bicyclic) bond motifs is 1. The van der Waals surface area contributed by atoms with Gasteiger partial charge in [-0.25, -0.2) is 4.98 Å². The van der Waals surface area contributed by atoms with Gasteiger partial charge in [-0.15, -0.1) is 6.58 Å². The molecule has 0 bridgehead atoms. The van der Waals surface area contributed by atoms with E-state index in [0.29, 0.717) is 25.4 Å². The molecule has 4 rings (SSSR count). The zero-order valence-electron chi connectivity index (χ0n) is 19.9. The first-order chi connectivity index (χ1) is 17.2. The van der Waals surface area contributed by atoms with Crippen LogP contribution in [0.4, 0.5) is 0 Å². The predicted molar refractivity (Wildman–Crippen MR) is 139 cm³/mol. The Morgan fingerprint density at radius 2 is 1.74 bits per heavy atom. The lowest BCUT2D eigenvalue weighted by molar-refractivity contribution is -0.123. The minimum atomic E-state index is -0.131. The highest BCUT2D eigenvalue weighted by atomic mass is 16.5. The van der Waals surface area contributed by atoms with Crippen molar-refractivity contribution in [2.75, 3.05) is 19.8 Å². The van der Waals surface area contributed by atoms with E-state index in [-0.39, 0.29) is 12.5 Å². The summed E-state index contributed by atoms with van der Waals surface area (Å²) in [6, 6.07) is 25.5. The van der Waals surface area contributed by atoms with Crippen molar-refractivity contribution in [1.29, 1.82) is 0 Å². The fourth-order valence-electron chi connectivity index (χ4n) is 3.97. The number of amides is 1. The Morgan fingerprint density at radius 3 is 2.60 bits per heavy atom. The van der Waals surface area contributed by atoms with Crippen molar-refractivity contribution in [3.8, 4) is 11.5 Å². The van der Waals surface area contributed by atoms with Crippen LogP contribution in [0.15, 0.2) is 91.5 Å². The first-order valence-corrected chi connectivity index (χ1v) is 11.9. The summed E-state index contributed by atoms with van der Waals surface area (Å²) < 4.78 is 13.8. The number of hydrogen-bond donors (Lipinski definition) is 1. The number of benzene rings is 3. The first kappa shape index (κ1) is 24.1. The number of imidazole rings is 1. The smallest absolute Gasteiger partial charge is 0.257 e. The second kappa shape index (κ2) is 12.4. The highest BCUT2D eigenvalue weighted by molar-refractivity contribution is 5.77. The van der Waals surface area contributed by atoms with Crippen molar-refractivity contribution in [1.82, 2.24) is 14.9 Å². The molecule has 0 aliphatic carbocycles. The number of allylic oxidation sites excluding steroid dienone is 1. The van der Waals surface area contributed by atoms with Crippen LogP contribution in [-0.2, 0) is 24.2 Å². The van der Waals surface area contributed by atoms with Crippen molar-refractivity contribution in [2.45, 2.75) is 25.8 Å². The van der Waals surface area contributed by atoms with Crippen molar-refractivity contribution in [3.05, 3.63) is 103 Å². The Morgan fingerprint density at radius 1 is 0.971 bits per heavy atom. The number of para-hydroxylation sites is 4. The molecule has 35 heavy (non-hydrogen) atoms. The highest BCUT2D eigenvalue weighted by Crippen LogP contribution is 2.20. The maximum Gasteiger partial charge on any atom is 0.257 e. The average Bonchev–Trinajstić information content (AvgIpc) is 3.24. The van der Waals surface area contributed by atoms with Crippen LogP contribution in [0, 0.1) is 0 Å². The van der Waals surface area contributed by atoms with Crippen molar-refractivity contribution in [3.63, 3.8) is 0 Å². The van der Waals surface area contributed by atoms with Crippen LogP contribution in [0.1, 0.15) is 17.8 Å². The van der Waals surface area contributed by atoms with E-state index in [9.17, 15) is 4.79 Å². The SMILES string of the molecule is C=CCc1ccccc1OCCn1c(CCCNC(=O)COc2ccccc2)nc2ccccc21. The summed E-state index contributed by atoms with van der Waals surface area (Å²) in [5, 5.41) is 2.93. The summed E-state index contributed by atoms with van der Waals surface area (Å²) >= 11 is 0. The summed E-state index contributed by atoms with van der Waals surface area (Å²) in [6.45, 7) is 5.63. The number of aromatic nitrogens is 2. The molecule has 1 N–H and O–H groups in total. The Kier molecular flexibility index (Phi) is 8.54. The number of carbonyl (C=O) groups excluding carboxylic acids is 1. The predicted octanol–water partition coefficient (Wildman–Crippen LogP) is 4.97. The Labute approximate surface area is 206 Å². The monoisotopic (exact) mass is 469 g/mol. The lowest BCUT2D eigenvalue weighted by Gasteiger charge is -2.13. The van der Waals surface area contributed by atoms with E-state index in [1.165, 1.54) is 0 Å². The molecule has 6 nitrogen and oxygen atoms in total. The molecule has 0 radical (unpaired) electrons. The number of rotatable bonds is 13. The third-order valence-corrected chi connectivity index (χ3v) is 5.66. The number of ether oxygens (including phenoxy) is 2. The maximum atomic E-state index is 12.1. The molecule has 0 atom stereocenters. The maximum absolute atomic E-state index is 12.1. The summed E-state index contributed by atoms with van der Waals surface area (Å²) in [6.07, 6.45) is 4.19. The molecule has 1 aromatic heterocycles. The van der Waals surface area contributed by atoms with Crippen molar-refractivity contribution in [2.24, 2.45) is 0 Å². The van der Waals surface area contributed by atoms with Crippen LogP contribution < -0.4 is 14.8 Å². The van der Waals surface area contributed by atoms with Crippen molar-refractivity contribution >= 4 is 16.9 Å². The van der Waals surface area contributed by atoms with Gasteiger partial charge in [0.1, 0.15) is 23.9 Å². The second-order valence-corrected chi connectivity index (χ2v) is 8.17. The first-order valence-electron chi connectivity index (χ1n) is 11.9. The third kappa shape index (κ3) is 6.73. The van der Waals surface area contributed by atoms with Crippen LogP contribution in [0.25, 0.3) is 11.0 Å². The van der Waals surface area contributed by atoms with E-state index >= 15 is 0 Å². The number of hydrogen-bond acceptors (Lipinski definition) is 4. The molecular formula is C29H31N3O3. The Bertz CT molecular complexity index is 1250. The van der Waals surface area contributed by atoms with E-state index < -0.39 is 0 Å². The summed E-state index contributed by atoms with van der Waals surface area (Å²) in [5.41, 5.74) is 3.19. The molecule has 0 fully saturated rings. The van der Waals surface area contributed by atoms with E-state index in [0.717, 1.165) is 47.4 Å². The van der Waals surface area contributed by atoms with E-state index in [1.807, 2.05) is 72.8 Å². The topological polar surface area (TPSA) is 65.4 Å². The quantitative estimate of drug-likeness (QED) is 0.222. The fourth-order valence-corrected chi connectivity index (χ4v) is 3.97. The van der Waals surface area contributed by atoms with Gasteiger partial charge in [-0.2, -0.15) is 0 Å². The Balaban J connectivity index is 1.31. The molecule has 4 aromatic rings. The number of nitrogens with one attached hydrogen (secondary N) is 1. The average molecular weight is 470 g/mol. The number of nitrogens with zero attached hydrogens (tertiary/aromatic N) is 2.